The van der Waals surface area contributed by atoms with Crippen molar-refractivity contribution >= 4 is 11.0 Å². The van der Waals surface area contributed by atoms with Crippen LogP contribution in [0.2, 0.25) is 0 Å². The summed E-state index contributed by atoms with van der Waals surface area (Å²) in [6, 6.07) is 10.1. The molecule has 178 valence electrons. The van der Waals surface area contributed by atoms with Gasteiger partial charge in [-0.3, -0.25) is 9.25 Å². The number of ether oxygens (including phenoxy) is 2. The summed E-state index contributed by atoms with van der Waals surface area (Å²) in [7, 11) is 2.96. The van der Waals surface area contributed by atoms with E-state index in [2.05, 4.69) is 21.6 Å². The minimum atomic E-state index is -4.30. The van der Waals surface area contributed by atoms with Crippen molar-refractivity contribution in [2.24, 2.45) is 0 Å². The van der Waals surface area contributed by atoms with Crippen molar-refractivity contribution in [3.8, 4) is 28.3 Å². The van der Waals surface area contributed by atoms with Crippen LogP contribution in [-0.4, -0.2) is 46.3 Å². The molecule has 4 aromatic rings. The van der Waals surface area contributed by atoms with Crippen molar-refractivity contribution in [1.29, 1.82) is 0 Å². The first-order chi connectivity index (χ1) is 16.4. The van der Waals surface area contributed by atoms with Crippen LogP contribution in [0.25, 0.3) is 27.8 Å². The van der Waals surface area contributed by atoms with E-state index in [1.807, 2.05) is 33.6 Å². The van der Waals surface area contributed by atoms with Gasteiger partial charge in [-0.1, -0.05) is 6.07 Å². The number of aromatic nitrogens is 4. The molecule has 2 aromatic carbocycles. The fourth-order valence-corrected chi connectivity index (χ4v) is 4.04. The highest BCUT2D eigenvalue weighted by atomic mass is 19.4. The highest BCUT2D eigenvalue weighted by molar-refractivity contribution is 5.83. The van der Waals surface area contributed by atoms with Crippen molar-refractivity contribution in [2.45, 2.75) is 31.6 Å². The van der Waals surface area contributed by atoms with E-state index in [1.54, 1.807) is 18.5 Å². The molecule has 0 amide bonds. The molecule has 2 aromatic heterocycles. The number of fused-ring (bicyclic) bond motifs is 1. The molecule has 0 radical (unpaired) electrons. The summed E-state index contributed by atoms with van der Waals surface area (Å²) in [5.41, 5.74) is 5.01. The molecule has 1 aliphatic carbocycles. The van der Waals surface area contributed by atoms with E-state index in [0.717, 1.165) is 27.8 Å². The van der Waals surface area contributed by atoms with Gasteiger partial charge in [0.15, 0.2) is 0 Å². The number of rotatable bonds is 8. The lowest BCUT2D eigenvalue weighted by Crippen LogP contribution is -2.28. The molecule has 2 heterocycles. The number of hydrogen-bond acceptors (Lipinski definition) is 5. The predicted octanol–water partition coefficient (Wildman–Crippen LogP) is 4.89. The van der Waals surface area contributed by atoms with E-state index in [1.165, 1.54) is 27.1 Å². The van der Waals surface area contributed by atoms with Crippen molar-refractivity contribution in [3.05, 3.63) is 54.6 Å². The number of hydrogen-bond donors (Lipinski definition) is 1. The van der Waals surface area contributed by atoms with Gasteiger partial charge in [0.05, 0.1) is 55.3 Å². The Kier molecular flexibility index (Phi) is 5.68. The number of benzene rings is 2. The molecule has 7 nitrogen and oxygen atoms in total. The first-order valence-electron chi connectivity index (χ1n) is 10.9. The first-order valence-corrected chi connectivity index (χ1v) is 10.9. The highest BCUT2D eigenvalue weighted by Gasteiger charge is 2.27. The van der Waals surface area contributed by atoms with Gasteiger partial charge in [0.2, 0.25) is 0 Å². The van der Waals surface area contributed by atoms with E-state index >= 15 is 0 Å². The maximum atomic E-state index is 12.6. The summed E-state index contributed by atoms with van der Waals surface area (Å²) in [6.45, 7) is -1.15. The maximum Gasteiger partial charge on any atom is 0.401 e. The molecule has 1 fully saturated rings. The summed E-state index contributed by atoms with van der Waals surface area (Å²) < 4.78 is 52.5. The lowest BCUT2D eigenvalue weighted by atomic mass is 10.1. The molecule has 0 unspecified atom stereocenters. The number of nitrogens with one attached hydrogen (secondary N) is 1. The number of imidazole rings is 1. The van der Waals surface area contributed by atoms with E-state index in [-0.39, 0.29) is 6.54 Å². The molecule has 0 atom stereocenters. The van der Waals surface area contributed by atoms with Crippen LogP contribution in [0, 0.1) is 0 Å². The van der Waals surface area contributed by atoms with Crippen molar-refractivity contribution < 1.29 is 22.6 Å². The molecular formula is C24H24F3N5O2. The van der Waals surface area contributed by atoms with Crippen molar-refractivity contribution in [2.75, 3.05) is 20.8 Å². The Bertz CT molecular complexity index is 1300. The van der Waals surface area contributed by atoms with Crippen LogP contribution in [-0.2, 0) is 6.54 Å². The number of alkyl halides is 3. The molecule has 0 aliphatic heterocycles. The molecule has 0 bridgehead atoms. The molecular weight excluding hydrogens is 447 g/mol. The van der Waals surface area contributed by atoms with Crippen LogP contribution >= 0.6 is 0 Å². The first kappa shape index (κ1) is 22.3. The second-order valence-electron chi connectivity index (χ2n) is 8.31. The summed E-state index contributed by atoms with van der Waals surface area (Å²) >= 11 is 0. The summed E-state index contributed by atoms with van der Waals surface area (Å²) in [4.78, 5) is 4.56. The summed E-state index contributed by atoms with van der Waals surface area (Å²) in [6.07, 6.45) is 3.70. The molecule has 34 heavy (non-hydrogen) atoms. The zero-order valence-electron chi connectivity index (χ0n) is 18.8. The van der Waals surface area contributed by atoms with Crippen LogP contribution in [0.1, 0.15) is 24.4 Å². The van der Waals surface area contributed by atoms with E-state index in [0.29, 0.717) is 23.1 Å². The Hall–Kier alpha value is -3.53. The van der Waals surface area contributed by atoms with Gasteiger partial charge >= 0.3 is 6.18 Å². The van der Waals surface area contributed by atoms with Gasteiger partial charge in [-0.25, -0.2) is 4.98 Å². The monoisotopic (exact) mass is 471 g/mol. The summed E-state index contributed by atoms with van der Waals surface area (Å²) in [5, 5.41) is 6.86. The van der Waals surface area contributed by atoms with Crippen LogP contribution in [0.4, 0.5) is 13.2 Å². The van der Waals surface area contributed by atoms with E-state index in [9.17, 15) is 13.2 Å². The third kappa shape index (κ3) is 4.45. The van der Waals surface area contributed by atoms with Gasteiger partial charge in [-0.2, -0.15) is 18.3 Å². The van der Waals surface area contributed by atoms with Crippen LogP contribution in [0.15, 0.2) is 49.1 Å². The minimum absolute atomic E-state index is 0.0469. The Balaban J connectivity index is 1.46. The number of nitrogens with zero attached hydrogens (tertiary/aromatic N) is 4. The molecule has 0 spiro atoms. The van der Waals surface area contributed by atoms with E-state index < -0.39 is 12.7 Å². The number of halogens is 3. The second kappa shape index (κ2) is 8.68. The third-order valence-corrected chi connectivity index (χ3v) is 5.90. The summed E-state index contributed by atoms with van der Waals surface area (Å²) in [5.74, 6) is 0.852. The topological polar surface area (TPSA) is 66.1 Å². The molecule has 1 N–H and O–H groups in total. The molecule has 10 heteroatoms. The standard InChI is InChI=1S/C24H24F3N5O2/c1-33-22-8-18(9-23(34-2)19(22)11-28-13-24(25,26)27)31-14-29-20-7-15(3-6-21(20)31)16-10-30-32(12-16)17-4-5-17/h3,6-10,12,14,17,28H,4-5,11,13H2,1-2H3. The Labute approximate surface area is 194 Å². The quantitative estimate of drug-likeness (QED) is 0.396. The fraction of sp³-hybridized carbons (Fsp3) is 0.333. The van der Waals surface area contributed by atoms with Gasteiger partial charge in [0.25, 0.3) is 0 Å². The lowest BCUT2D eigenvalue weighted by Gasteiger charge is -2.17. The molecule has 0 saturated heterocycles. The average Bonchev–Trinajstić information content (AvgIpc) is 3.39. The van der Waals surface area contributed by atoms with Gasteiger partial charge in [0.1, 0.15) is 17.8 Å². The Morgan fingerprint density at radius 1 is 1.06 bits per heavy atom. The molecule has 1 saturated carbocycles. The predicted molar refractivity (Wildman–Crippen MR) is 121 cm³/mol. The van der Waals surface area contributed by atoms with Crippen LogP contribution in [0.3, 0.4) is 0 Å². The van der Waals surface area contributed by atoms with Gasteiger partial charge in [0, 0.05) is 30.4 Å². The smallest absolute Gasteiger partial charge is 0.401 e. The normalized spacial score (nSPS) is 14.0. The third-order valence-electron chi connectivity index (χ3n) is 5.90. The maximum absolute atomic E-state index is 12.6. The Morgan fingerprint density at radius 2 is 1.79 bits per heavy atom. The second-order valence-corrected chi connectivity index (χ2v) is 8.31. The zero-order chi connectivity index (χ0) is 23.9. The highest BCUT2D eigenvalue weighted by Crippen LogP contribution is 2.36. The van der Waals surface area contributed by atoms with Crippen molar-refractivity contribution in [1.82, 2.24) is 24.6 Å². The fourth-order valence-electron chi connectivity index (χ4n) is 4.04. The molecule has 5 rings (SSSR count). The molecule has 1 aliphatic rings. The average molecular weight is 471 g/mol. The minimum Gasteiger partial charge on any atom is -0.496 e. The van der Waals surface area contributed by atoms with Crippen LogP contribution < -0.4 is 14.8 Å². The van der Waals surface area contributed by atoms with Crippen molar-refractivity contribution in [3.63, 3.8) is 0 Å². The van der Waals surface area contributed by atoms with Gasteiger partial charge < -0.3 is 14.8 Å². The largest absolute Gasteiger partial charge is 0.496 e. The van der Waals surface area contributed by atoms with E-state index in [4.69, 9.17) is 9.47 Å². The Morgan fingerprint density at radius 3 is 2.44 bits per heavy atom. The zero-order valence-corrected chi connectivity index (χ0v) is 18.8. The van der Waals surface area contributed by atoms with Crippen LogP contribution in [0.5, 0.6) is 11.5 Å². The van der Waals surface area contributed by atoms with Gasteiger partial charge in [-0.05, 0) is 30.5 Å². The lowest BCUT2D eigenvalue weighted by molar-refractivity contribution is -0.125. The SMILES string of the molecule is COc1cc(-n2cnc3cc(-c4cnn(C5CC5)c4)ccc32)cc(OC)c1CNCC(F)(F)F. The number of methoxy groups -OCH3 is 2. The van der Waals surface area contributed by atoms with Gasteiger partial charge in [-0.15, -0.1) is 0 Å².